The average Bonchev–Trinajstić information content (AvgIpc) is 2.84. The second-order valence-corrected chi connectivity index (χ2v) is 7.66. The number of sulfone groups is 1. The summed E-state index contributed by atoms with van der Waals surface area (Å²) in [6, 6.07) is -0.111. The van der Waals surface area contributed by atoms with Crippen LogP contribution < -0.4 is 5.32 Å². The highest BCUT2D eigenvalue weighted by Crippen LogP contribution is 2.19. The molecule has 7 heteroatoms. The maximum absolute atomic E-state index is 12.4. The minimum Gasteiger partial charge on any atom is -0.339 e. The molecule has 2 fully saturated rings. The van der Waals surface area contributed by atoms with E-state index in [2.05, 4.69) is 5.32 Å². The molecule has 1 unspecified atom stereocenters. The topological polar surface area (TPSA) is 69.7 Å². The van der Waals surface area contributed by atoms with Crippen molar-refractivity contribution in [3.8, 4) is 0 Å². The second-order valence-electron chi connectivity index (χ2n) is 5.40. The molecule has 0 aromatic heterocycles. The van der Waals surface area contributed by atoms with Gasteiger partial charge in [-0.1, -0.05) is 0 Å². The SMILES string of the molecule is CS(=O)(=O)CCN1CCCC1C(=O)N1CCNCC1. The molecule has 6 nitrogen and oxygen atoms in total. The molecule has 19 heavy (non-hydrogen) atoms. The quantitative estimate of drug-likeness (QED) is 0.713. The maximum atomic E-state index is 12.4. The van der Waals surface area contributed by atoms with Gasteiger partial charge in [0.05, 0.1) is 11.8 Å². The van der Waals surface area contributed by atoms with Gasteiger partial charge in [-0.05, 0) is 19.4 Å². The second kappa shape index (κ2) is 6.19. The number of nitrogens with one attached hydrogen (secondary N) is 1. The summed E-state index contributed by atoms with van der Waals surface area (Å²) >= 11 is 0. The molecule has 110 valence electrons. The van der Waals surface area contributed by atoms with Crippen molar-refractivity contribution in [1.82, 2.24) is 15.1 Å². The molecule has 2 heterocycles. The lowest BCUT2D eigenvalue weighted by atomic mass is 10.2. The molecule has 0 spiro atoms. The number of nitrogens with zero attached hydrogens (tertiary/aromatic N) is 2. The third-order valence-corrected chi connectivity index (χ3v) is 4.75. The molecule has 1 N–H and O–H groups in total. The molecule has 0 saturated carbocycles. The predicted octanol–water partition coefficient (Wildman–Crippen LogP) is -1.07. The van der Waals surface area contributed by atoms with Crippen molar-refractivity contribution >= 4 is 15.7 Å². The summed E-state index contributed by atoms with van der Waals surface area (Å²) in [6.07, 6.45) is 3.08. The molecular formula is C12H23N3O3S. The third-order valence-electron chi connectivity index (χ3n) is 3.83. The fourth-order valence-corrected chi connectivity index (χ4v) is 3.32. The highest BCUT2D eigenvalue weighted by Gasteiger charge is 2.34. The van der Waals surface area contributed by atoms with Crippen LogP contribution in [-0.2, 0) is 14.6 Å². The van der Waals surface area contributed by atoms with Crippen LogP contribution in [0.4, 0.5) is 0 Å². The van der Waals surface area contributed by atoms with Crippen LogP contribution in [-0.4, -0.2) is 81.4 Å². The number of likely N-dealkylation sites (tertiary alicyclic amines) is 1. The first kappa shape index (κ1) is 14.7. The highest BCUT2D eigenvalue weighted by atomic mass is 32.2. The molecule has 0 radical (unpaired) electrons. The van der Waals surface area contributed by atoms with Gasteiger partial charge in [-0.3, -0.25) is 9.69 Å². The van der Waals surface area contributed by atoms with Crippen molar-refractivity contribution in [3.05, 3.63) is 0 Å². The van der Waals surface area contributed by atoms with Crippen LogP contribution in [0.3, 0.4) is 0 Å². The van der Waals surface area contributed by atoms with E-state index in [4.69, 9.17) is 0 Å². The van der Waals surface area contributed by atoms with Gasteiger partial charge in [0.2, 0.25) is 5.91 Å². The number of carbonyl (C=O) groups is 1. The Labute approximate surface area is 115 Å². The minimum absolute atomic E-state index is 0.111. The van der Waals surface area contributed by atoms with Crippen molar-refractivity contribution in [2.75, 3.05) is 51.3 Å². The first-order valence-corrected chi connectivity index (χ1v) is 8.95. The Bertz CT molecular complexity index is 418. The largest absolute Gasteiger partial charge is 0.339 e. The summed E-state index contributed by atoms with van der Waals surface area (Å²) in [7, 11) is -2.96. The fourth-order valence-electron chi connectivity index (χ4n) is 2.75. The Morgan fingerprint density at radius 2 is 1.95 bits per heavy atom. The van der Waals surface area contributed by atoms with Crippen molar-refractivity contribution in [1.29, 1.82) is 0 Å². The smallest absolute Gasteiger partial charge is 0.240 e. The van der Waals surface area contributed by atoms with E-state index < -0.39 is 9.84 Å². The molecule has 2 aliphatic heterocycles. The van der Waals surface area contributed by atoms with Crippen LogP contribution in [0.15, 0.2) is 0 Å². The number of hydrogen-bond donors (Lipinski definition) is 1. The van der Waals surface area contributed by atoms with Crippen LogP contribution >= 0.6 is 0 Å². The Hall–Kier alpha value is -0.660. The molecule has 1 amide bonds. The summed E-state index contributed by atoms with van der Waals surface area (Å²) in [5.74, 6) is 0.311. The van der Waals surface area contributed by atoms with E-state index >= 15 is 0 Å². The lowest BCUT2D eigenvalue weighted by Crippen LogP contribution is -2.52. The van der Waals surface area contributed by atoms with Gasteiger partial charge in [0.1, 0.15) is 9.84 Å². The molecule has 1 atom stereocenters. The zero-order chi connectivity index (χ0) is 13.9. The first-order valence-electron chi connectivity index (χ1n) is 6.89. The number of hydrogen-bond acceptors (Lipinski definition) is 5. The molecule has 2 aliphatic rings. The molecule has 0 aliphatic carbocycles. The monoisotopic (exact) mass is 289 g/mol. The third kappa shape index (κ3) is 4.15. The molecule has 2 rings (SSSR count). The summed E-state index contributed by atoms with van der Waals surface area (Å²) in [5.41, 5.74) is 0. The standard InChI is InChI=1S/C12H23N3O3S/c1-19(17,18)10-9-14-6-2-3-11(14)12(16)15-7-4-13-5-8-15/h11,13H,2-10H2,1H3. The van der Waals surface area contributed by atoms with E-state index in [9.17, 15) is 13.2 Å². The molecule has 0 aromatic rings. The first-order chi connectivity index (χ1) is 8.97. The maximum Gasteiger partial charge on any atom is 0.240 e. The van der Waals surface area contributed by atoms with Gasteiger partial charge in [0, 0.05) is 39.0 Å². The number of amides is 1. The summed E-state index contributed by atoms with van der Waals surface area (Å²) in [6.45, 7) is 4.52. The van der Waals surface area contributed by atoms with Gasteiger partial charge in [-0.25, -0.2) is 8.42 Å². The number of rotatable bonds is 4. The summed E-state index contributed by atoms with van der Waals surface area (Å²) in [5, 5.41) is 3.23. The van der Waals surface area contributed by atoms with Gasteiger partial charge in [0.15, 0.2) is 0 Å². The lowest BCUT2D eigenvalue weighted by molar-refractivity contribution is -0.136. The predicted molar refractivity (Wildman–Crippen MR) is 73.8 cm³/mol. The van der Waals surface area contributed by atoms with Crippen molar-refractivity contribution in [2.45, 2.75) is 18.9 Å². The van der Waals surface area contributed by atoms with Crippen LogP contribution in [0.25, 0.3) is 0 Å². The van der Waals surface area contributed by atoms with Crippen molar-refractivity contribution in [3.63, 3.8) is 0 Å². The van der Waals surface area contributed by atoms with Crippen molar-refractivity contribution in [2.24, 2.45) is 0 Å². The van der Waals surface area contributed by atoms with E-state index in [-0.39, 0.29) is 17.7 Å². The zero-order valence-electron chi connectivity index (χ0n) is 11.5. The van der Waals surface area contributed by atoms with Gasteiger partial charge < -0.3 is 10.2 Å². The Balaban J connectivity index is 1.92. The Kier molecular flexibility index (Phi) is 4.81. The number of carbonyl (C=O) groups excluding carboxylic acids is 1. The van der Waals surface area contributed by atoms with Crippen LogP contribution in [0.2, 0.25) is 0 Å². The van der Waals surface area contributed by atoms with E-state index in [1.165, 1.54) is 6.26 Å². The minimum atomic E-state index is -2.96. The summed E-state index contributed by atoms with van der Waals surface area (Å²) in [4.78, 5) is 16.4. The van der Waals surface area contributed by atoms with E-state index in [1.807, 2.05) is 9.80 Å². The normalized spacial score (nSPS) is 25.7. The molecular weight excluding hydrogens is 266 g/mol. The van der Waals surface area contributed by atoms with Gasteiger partial charge >= 0.3 is 0 Å². The van der Waals surface area contributed by atoms with Gasteiger partial charge in [-0.2, -0.15) is 0 Å². The van der Waals surface area contributed by atoms with Gasteiger partial charge in [-0.15, -0.1) is 0 Å². The van der Waals surface area contributed by atoms with E-state index in [0.717, 1.165) is 45.6 Å². The highest BCUT2D eigenvalue weighted by molar-refractivity contribution is 7.90. The van der Waals surface area contributed by atoms with E-state index in [1.54, 1.807) is 0 Å². The zero-order valence-corrected chi connectivity index (χ0v) is 12.3. The Morgan fingerprint density at radius 3 is 2.58 bits per heavy atom. The number of piperazine rings is 1. The Morgan fingerprint density at radius 1 is 1.26 bits per heavy atom. The summed E-state index contributed by atoms with van der Waals surface area (Å²) < 4.78 is 22.5. The van der Waals surface area contributed by atoms with Crippen LogP contribution in [0.1, 0.15) is 12.8 Å². The van der Waals surface area contributed by atoms with E-state index in [0.29, 0.717) is 6.54 Å². The molecule has 2 saturated heterocycles. The lowest BCUT2D eigenvalue weighted by Gasteiger charge is -2.32. The molecule has 0 aromatic carbocycles. The van der Waals surface area contributed by atoms with Gasteiger partial charge in [0.25, 0.3) is 0 Å². The molecule has 0 bridgehead atoms. The van der Waals surface area contributed by atoms with Crippen LogP contribution in [0, 0.1) is 0 Å². The van der Waals surface area contributed by atoms with Crippen molar-refractivity contribution < 1.29 is 13.2 Å². The average molecular weight is 289 g/mol. The van der Waals surface area contributed by atoms with Crippen LogP contribution in [0.5, 0.6) is 0 Å². The fraction of sp³-hybridized carbons (Fsp3) is 0.917.